The zero-order valence-corrected chi connectivity index (χ0v) is 17.9. The van der Waals surface area contributed by atoms with Gasteiger partial charge in [-0.3, -0.25) is 0 Å². The van der Waals surface area contributed by atoms with Crippen LogP contribution in [0.15, 0.2) is 23.1 Å². The van der Waals surface area contributed by atoms with Crippen LogP contribution in [-0.4, -0.2) is 68.7 Å². The lowest BCUT2D eigenvalue weighted by molar-refractivity contribution is 0.0812. The van der Waals surface area contributed by atoms with Crippen molar-refractivity contribution in [3.05, 3.63) is 23.8 Å². The topological polar surface area (TPSA) is 70.1 Å². The average Bonchev–Trinajstić information content (AvgIpc) is 3.46. The Morgan fingerprint density at radius 1 is 1.36 bits per heavy atom. The highest BCUT2D eigenvalue weighted by molar-refractivity contribution is 7.89. The van der Waals surface area contributed by atoms with E-state index in [0.29, 0.717) is 24.8 Å². The second-order valence-electron chi connectivity index (χ2n) is 8.21. The average molecular weight is 407 g/mol. The second-order valence-corrected chi connectivity index (χ2v) is 10.1. The van der Waals surface area contributed by atoms with Gasteiger partial charge in [-0.1, -0.05) is 18.8 Å². The first-order valence-corrected chi connectivity index (χ1v) is 11.3. The third-order valence-electron chi connectivity index (χ3n) is 5.21. The van der Waals surface area contributed by atoms with E-state index in [2.05, 4.69) is 11.8 Å². The quantitative estimate of drug-likeness (QED) is 0.772. The number of aliphatic hydroxyl groups is 1. The van der Waals surface area contributed by atoms with Crippen LogP contribution in [0.5, 0.6) is 5.75 Å². The van der Waals surface area contributed by atoms with Crippen molar-refractivity contribution in [2.45, 2.75) is 43.7 Å². The maximum Gasteiger partial charge on any atom is 0.247 e. The minimum absolute atomic E-state index is 0.0412. The molecule has 1 aliphatic heterocycles. The predicted octanol–water partition coefficient (Wildman–Crippen LogP) is 1.78. The van der Waals surface area contributed by atoms with E-state index >= 15 is 0 Å². The summed E-state index contributed by atoms with van der Waals surface area (Å²) in [6.45, 7) is 4.45. The molecule has 0 spiro atoms. The molecule has 154 valence electrons. The molecule has 0 aromatic heterocycles. The van der Waals surface area contributed by atoms with Crippen molar-refractivity contribution in [3.8, 4) is 17.6 Å². The number of fused-ring (bicyclic) bond motifs is 1. The zero-order valence-electron chi connectivity index (χ0n) is 17.1. The van der Waals surface area contributed by atoms with Gasteiger partial charge in [-0.05, 0) is 52.1 Å². The fourth-order valence-corrected chi connectivity index (χ4v) is 5.12. The lowest BCUT2D eigenvalue weighted by Gasteiger charge is -2.37. The largest absolute Gasteiger partial charge is 0.487 e. The van der Waals surface area contributed by atoms with E-state index in [1.807, 2.05) is 25.9 Å². The Bertz CT molecular complexity index is 868. The minimum atomic E-state index is -3.79. The van der Waals surface area contributed by atoms with Crippen molar-refractivity contribution < 1.29 is 18.3 Å². The van der Waals surface area contributed by atoms with Crippen molar-refractivity contribution >= 4 is 10.0 Å². The Labute approximate surface area is 168 Å². The molecule has 1 heterocycles. The number of rotatable bonds is 4. The maximum atomic E-state index is 13.3. The molecule has 2 aliphatic rings. The monoisotopic (exact) mass is 406 g/mol. The van der Waals surface area contributed by atoms with Gasteiger partial charge in [-0.25, -0.2) is 8.42 Å². The molecule has 1 fully saturated rings. The molecular weight excluding hydrogens is 376 g/mol. The van der Waals surface area contributed by atoms with E-state index in [-0.39, 0.29) is 23.5 Å². The van der Waals surface area contributed by atoms with Crippen LogP contribution in [0.3, 0.4) is 0 Å². The number of benzene rings is 1. The fraction of sp³-hybridized carbons (Fsp3) is 0.619. The third-order valence-corrected chi connectivity index (χ3v) is 7.23. The van der Waals surface area contributed by atoms with Crippen LogP contribution in [0.2, 0.25) is 0 Å². The summed E-state index contributed by atoms with van der Waals surface area (Å²) in [5.41, 5.74) is 0.763. The summed E-state index contributed by atoms with van der Waals surface area (Å²) in [6.07, 6.45) is 2.10. The van der Waals surface area contributed by atoms with Crippen molar-refractivity contribution in [3.63, 3.8) is 0 Å². The molecule has 3 atom stereocenters. The van der Waals surface area contributed by atoms with Crippen molar-refractivity contribution in [2.24, 2.45) is 11.8 Å². The maximum absolute atomic E-state index is 13.3. The molecule has 0 bridgehead atoms. The Balaban J connectivity index is 2.07. The molecule has 0 unspecified atom stereocenters. The van der Waals surface area contributed by atoms with E-state index in [9.17, 15) is 13.5 Å². The SMILES string of the molecule is C[C@@H]1CN([C@H](C)CO)S(=O)(=O)c2ccc(C#CC3CC3)cc2O[C@@H]1CN(C)C. The van der Waals surface area contributed by atoms with E-state index in [0.717, 1.165) is 18.4 Å². The van der Waals surface area contributed by atoms with Gasteiger partial charge in [0.25, 0.3) is 0 Å². The molecule has 3 rings (SSSR count). The molecule has 1 N–H and O–H groups in total. The fourth-order valence-electron chi connectivity index (χ4n) is 3.29. The molecular formula is C21H30N2O4S. The molecule has 6 nitrogen and oxygen atoms in total. The van der Waals surface area contributed by atoms with Crippen molar-refractivity contribution in [1.82, 2.24) is 9.21 Å². The lowest BCUT2D eigenvalue weighted by atomic mass is 10.0. The van der Waals surface area contributed by atoms with Gasteiger partial charge < -0.3 is 14.7 Å². The Morgan fingerprint density at radius 3 is 2.68 bits per heavy atom. The molecule has 28 heavy (non-hydrogen) atoms. The van der Waals surface area contributed by atoms with Gasteiger partial charge in [0, 0.05) is 36.5 Å². The molecule has 1 aliphatic carbocycles. The van der Waals surface area contributed by atoms with Gasteiger partial charge in [-0.2, -0.15) is 4.31 Å². The van der Waals surface area contributed by atoms with Gasteiger partial charge in [0.2, 0.25) is 10.0 Å². The lowest BCUT2D eigenvalue weighted by Crippen LogP contribution is -2.49. The first-order chi connectivity index (χ1) is 13.2. The molecule has 0 radical (unpaired) electrons. The Hall–Kier alpha value is -1.59. The van der Waals surface area contributed by atoms with Crippen LogP contribution in [-0.2, 0) is 10.0 Å². The van der Waals surface area contributed by atoms with Gasteiger partial charge in [-0.15, -0.1) is 0 Å². The number of ether oxygens (including phenoxy) is 1. The predicted molar refractivity (Wildman–Crippen MR) is 109 cm³/mol. The highest BCUT2D eigenvalue weighted by Crippen LogP contribution is 2.34. The molecule has 0 saturated heterocycles. The summed E-state index contributed by atoms with van der Waals surface area (Å²) in [7, 11) is 0.153. The van der Waals surface area contributed by atoms with E-state index < -0.39 is 16.1 Å². The van der Waals surface area contributed by atoms with Crippen LogP contribution in [0.1, 0.15) is 32.3 Å². The third kappa shape index (κ3) is 4.69. The zero-order chi connectivity index (χ0) is 20.5. The smallest absolute Gasteiger partial charge is 0.247 e. The molecule has 1 aromatic carbocycles. The summed E-state index contributed by atoms with van der Waals surface area (Å²) in [5, 5.41) is 9.64. The van der Waals surface area contributed by atoms with Gasteiger partial charge >= 0.3 is 0 Å². The summed E-state index contributed by atoms with van der Waals surface area (Å²) < 4.78 is 34.3. The number of hydrogen-bond acceptors (Lipinski definition) is 5. The molecule has 1 aromatic rings. The first kappa shape index (κ1) is 21.1. The highest BCUT2D eigenvalue weighted by atomic mass is 32.2. The van der Waals surface area contributed by atoms with Crippen LogP contribution >= 0.6 is 0 Å². The van der Waals surface area contributed by atoms with Crippen molar-refractivity contribution in [2.75, 3.05) is 33.8 Å². The number of hydrogen-bond donors (Lipinski definition) is 1. The summed E-state index contributed by atoms with van der Waals surface area (Å²) in [5.74, 6) is 7.12. The summed E-state index contributed by atoms with van der Waals surface area (Å²) in [6, 6.07) is 4.56. The van der Waals surface area contributed by atoms with E-state index in [1.165, 1.54) is 4.31 Å². The molecule has 1 saturated carbocycles. The molecule has 7 heteroatoms. The van der Waals surface area contributed by atoms with Gasteiger partial charge in [0.05, 0.1) is 6.61 Å². The Kier molecular flexibility index (Phi) is 6.35. The Morgan fingerprint density at radius 2 is 2.07 bits per heavy atom. The number of likely N-dealkylation sites (N-methyl/N-ethyl adjacent to an activating group) is 1. The van der Waals surface area contributed by atoms with Crippen LogP contribution in [0.4, 0.5) is 0 Å². The van der Waals surface area contributed by atoms with Crippen molar-refractivity contribution in [1.29, 1.82) is 0 Å². The summed E-state index contributed by atoms with van der Waals surface area (Å²) >= 11 is 0. The van der Waals surface area contributed by atoms with Crippen LogP contribution < -0.4 is 4.74 Å². The normalized spacial score (nSPS) is 25.6. The van der Waals surface area contributed by atoms with E-state index in [4.69, 9.17) is 4.74 Å². The number of aliphatic hydroxyl groups excluding tert-OH is 1. The van der Waals surface area contributed by atoms with Crippen LogP contribution in [0, 0.1) is 23.7 Å². The van der Waals surface area contributed by atoms with E-state index in [1.54, 1.807) is 25.1 Å². The highest BCUT2D eigenvalue weighted by Gasteiger charge is 2.37. The minimum Gasteiger partial charge on any atom is -0.487 e. The standard InChI is InChI=1S/C21H30N2O4S/c1-15-12-23(16(2)14-24)28(25,26)21-10-9-18(8-7-17-5-6-17)11-19(21)27-20(15)13-22(3)4/h9-11,15-17,20,24H,5-6,12-14H2,1-4H3/t15-,16-,20-/m1/s1. The second kappa shape index (κ2) is 8.42. The van der Waals surface area contributed by atoms with Gasteiger partial charge in [0.15, 0.2) is 0 Å². The number of sulfonamides is 1. The number of nitrogens with zero attached hydrogens (tertiary/aromatic N) is 2. The van der Waals surface area contributed by atoms with Gasteiger partial charge in [0.1, 0.15) is 16.7 Å². The first-order valence-electron chi connectivity index (χ1n) is 9.82. The summed E-state index contributed by atoms with van der Waals surface area (Å²) in [4.78, 5) is 2.17. The molecule has 0 amide bonds. The van der Waals surface area contributed by atoms with Crippen LogP contribution in [0.25, 0.3) is 0 Å².